The number of amides is 1. The molecule has 0 spiro atoms. The quantitative estimate of drug-likeness (QED) is 0.506. The summed E-state index contributed by atoms with van der Waals surface area (Å²) in [5.41, 5.74) is 3.69. The largest absolute Gasteiger partial charge is 0.273 e. The molecule has 0 aliphatic carbocycles. The summed E-state index contributed by atoms with van der Waals surface area (Å²) in [6, 6.07) is 4.82. The van der Waals surface area contributed by atoms with Gasteiger partial charge in [0, 0.05) is 28.7 Å². The van der Waals surface area contributed by atoms with Crippen LogP contribution in [-0.2, 0) is 4.79 Å². The van der Waals surface area contributed by atoms with E-state index in [9.17, 15) is 14.9 Å². The molecular formula is C14H17N3O3S2. The molecule has 1 aliphatic rings. The van der Waals surface area contributed by atoms with E-state index in [0.717, 1.165) is 11.5 Å². The second kappa shape index (κ2) is 7.15. The smallest absolute Gasteiger partial charge is 0.272 e. The van der Waals surface area contributed by atoms with E-state index in [0.29, 0.717) is 17.5 Å². The highest BCUT2D eigenvalue weighted by molar-refractivity contribution is 8.21. The first kappa shape index (κ1) is 16.8. The SMILES string of the molecule is Cc1ccc(/C=N\NC(=O)CC2(C)SCCS2)cc1[N+](=O)[O-]. The van der Waals surface area contributed by atoms with E-state index >= 15 is 0 Å². The predicted molar refractivity (Wildman–Crippen MR) is 91.5 cm³/mol. The summed E-state index contributed by atoms with van der Waals surface area (Å²) in [5.74, 6) is 1.97. The van der Waals surface area contributed by atoms with E-state index in [2.05, 4.69) is 17.5 Å². The fourth-order valence-electron chi connectivity index (χ4n) is 2.07. The molecule has 6 nitrogen and oxygen atoms in total. The van der Waals surface area contributed by atoms with Gasteiger partial charge in [0.2, 0.25) is 5.91 Å². The maximum atomic E-state index is 11.9. The number of benzene rings is 1. The Hall–Kier alpha value is -1.54. The summed E-state index contributed by atoms with van der Waals surface area (Å²) in [5, 5.41) is 14.8. The Kier molecular flexibility index (Phi) is 5.47. The van der Waals surface area contributed by atoms with Crippen molar-refractivity contribution in [2.24, 2.45) is 5.10 Å². The summed E-state index contributed by atoms with van der Waals surface area (Å²) >= 11 is 3.57. The van der Waals surface area contributed by atoms with Crippen LogP contribution in [0.1, 0.15) is 24.5 Å². The molecule has 118 valence electrons. The Morgan fingerprint density at radius 3 is 2.82 bits per heavy atom. The van der Waals surface area contributed by atoms with Gasteiger partial charge < -0.3 is 0 Å². The molecule has 1 amide bonds. The van der Waals surface area contributed by atoms with Gasteiger partial charge in [-0.15, -0.1) is 23.5 Å². The number of nitrogens with zero attached hydrogens (tertiary/aromatic N) is 2. The van der Waals surface area contributed by atoms with Crippen molar-refractivity contribution in [3.05, 3.63) is 39.4 Å². The molecule has 0 saturated carbocycles. The Labute approximate surface area is 137 Å². The Balaban J connectivity index is 1.93. The van der Waals surface area contributed by atoms with Crippen LogP contribution in [0.3, 0.4) is 0 Å². The number of hydrogen-bond acceptors (Lipinski definition) is 6. The van der Waals surface area contributed by atoms with Gasteiger partial charge >= 0.3 is 0 Å². The molecule has 1 fully saturated rings. The van der Waals surface area contributed by atoms with Crippen molar-refractivity contribution in [1.82, 2.24) is 5.43 Å². The van der Waals surface area contributed by atoms with Crippen LogP contribution in [0, 0.1) is 17.0 Å². The van der Waals surface area contributed by atoms with Crippen molar-refractivity contribution < 1.29 is 9.72 Å². The number of carbonyl (C=O) groups excluding carboxylic acids is 1. The molecule has 0 aromatic heterocycles. The van der Waals surface area contributed by atoms with Crippen LogP contribution in [0.5, 0.6) is 0 Å². The standard InChI is InChI=1S/C14H17N3O3S2/c1-10-3-4-11(7-12(10)17(19)20)9-15-16-13(18)8-14(2)21-5-6-22-14/h3-4,7,9H,5-6,8H2,1-2H3,(H,16,18)/b15-9-. The molecule has 0 atom stereocenters. The lowest BCUT2D eigenvalue weighted by Gasteiger charge is -2.19. The lowest BCUT2D eigenvalue weighted by atomic mass is 10.1. The molecule has 0 radical (unpaired) electrons. The number of rotatable bonds is 5. The van der Waals surface area contributed by atoms with Gasteiger partial charge in [-0.3, -0.25) is 14.9 Å². The third kappa shape index (κ3) is 4.48. The first-order chi connectivity index (χ1) is 10.4. The fraction of sp³-hybridized carbons (Fsp3) is 0.429. The van der Waals surface area contributed by atoms with Crippen molar-refractivity contribution >= 4 is 41.3 Å². The highest BCUT2D eigenvalue weighted by Gasteiger charge is 2.32. The molecule has 1 aliphatic heterocycles. The molecule has 0 bridgehead atoms. The van der Waals surface area contributed by atoms with E-state index in [1.807, 2.05) is 0 Å². The van der Waals surface area contributed by atoms with Crippen molar-refractivity contribution in [2.45, 2.75) is 24.3 Å². The van der Waals surface area contributed by atoms with E-state index in [4.69, 9.17) is 0 Å². The Morgan fingerprint density at radius 1 is 1.50 bits per heavy atom. The second-order valence-electron chi connectivity index (χ2n) is 5.10. The maximum absolute atomic E-state index is 11.9. The minimum absolute atomic E-state index is 0.0431. The summed E-state index contributed by atoms with van der Waals surface area (Å²) < 4.78 is -0.0811. The third-order valence-corrected chi connectivity index (χ3v) is 6.50. The van der Waals surface area contributed by atoms with Crippen LogP contribution in [0.25, 0.3) is 0 Å². The zero-order valence-corrected chi connectivity index (χ0v) is 14.0. The second-order valence-corrected chi connectivity index (χ2v) is 8.56. The highest BCUT2D eigenvalue weighted by Crippen LogP contribution is 2.45. The zero-order chi connectivity index (χ0) is 16.2. The zero-order valence-electron chi connectivity index (χ0n) is 12.4. The van der Waals surface area contributed by atoms with E-state index in [1.165, 1.54) is 12.3 Å². The summed E-state index contributed by atoms with van der Waals surface area (Å²) in [4.78, 5) is 22.3. The molecule has 1 N–H and O–H groups in total. The van der Waals surface area contributed by atoms with Crippen molar-refractivity contribution in [3.8, 4) is 0 Å². The lowest BCUT2D eigenvalue weighted by Crippen LogP contribution is -2.26. The number of nitrogens with one attached hydrogen (secondary N) is 1. The van der Waals surface area contributed by atoms with Crippen molar-refractivity contribution in [2.75, 3.05) is 11.5 Å². The molecule has 1 heterocycles. The van der Waals surface area contributed by atoms with E-state index in [-0.39, 0.29) is 15.7 Å². The lowest BCUT2D eigenvalue weighted by molar-refractivity contribution is -0.385. The summed E-state index contributed by atoms with van der Waals surface area (Å²) in [6.45, 7) is 3.74. The van der Waals surface area contributed by atoms with Gasteiger partial charge in [-0.05, 0) is 13.8 Å². The van der Waals surface area contributed by atoms with Crippen LogP contribution in [0.2, 0.25) is 0 Å². The Bertz CT molecular complexity index is 613. The average molecular weight is 339 g/mol. The number of hydrogen-bond donors (Lipinski definition) is 1. The summed E-state index contributed by atoms with van der Waals surface area (Å²) in [7, 11) is 0. The first-order valence-electron chi connectivity index (χ1n) is 6.74. The van der Waals surface area contributed by atoms with Gasteiger partial charge in [0.15, 0.2) is 0 Å². The van der Waals surface area contributed by atoms with Crippen LogP contribution in [0.15, 0.2) is 23.3 Å². The van der Waals surface area contributed by atoms with E-state index < -0.39 is 4.92 Å². The molecule has 2 rings (SSSR count). The van der Waals surface area contributed by atoms with Crippen molar-refractivity contribution in [3.63, 3.8) is 0 Å². The highest BCUT2D eigenvalue weighted by atomic mass is 32.2. The normalized spacial score (nSPS) is 16.8. The molecule has 8 heteroatoms. The fourth-order valence-corrected chi connectivity index (χ4v) is 4.90. The first-order valence-corrected chi connectivity index (χ1v) is 8.72. The topological polar surface area (TPSA) is 84.6 Å². The van der Waals surface area contributed by atoms with Crippen LogP contribution in [-0.4, -0.2) is 32.6 Å². The monoisotopic (exact) mass is 339 g/mol. The van der Waals surface area contributed by atoms with Crippen LogP contribution in [0.4, 0.5) is 5.69 Å². The molecule has 0 unspecified atom stereocenters. The number of thioether (sulfide) groups is 2. The minimum Gasteiger partial charge on any atom is -0.273 e. The Morgan fingerprint density at radius 2 is 2.18 bits per heavy atom. The van der Waals surface area contributed by atoms with E-state index in [1.54, 1.807) is 42.6 Å². The molecule has 1 aromatic carbocycles. The maximum Gasteiger partial charge on any atom is 0.272 e. The molecule has 22 heavy (non-hydrogen) atoms. The van der Waals surface area contributed by atoms with Crippen molar-refractivity contribution in [1.29, 1.82) is 0 Å². The molecule has 1 aromatic rings. The van der Waals surface area contributed by atoms with Gasteiger partial charge in [0.05, 0.1) is 21.6 Å². The van der Waals surface area contributed by atoms with Gasteiger partial charge in [-0.25, -0.2) is 5.43 Å². The van der Waals surface area contributed by atoms with Gasteiger partial charge in [0.1, 0.15) is 0 Å². The number of aryl methyl sites for hydroxylation is 1. The number of nitro benzene ring substituents is 1. The number of hydrazone groups is 1. The predicted octanol–water partition coefficient (Wildman–Crippen LogP) is 2.94. The van der Waals surface area contributed by atoms with Gasteiger partial charge in [-0.2, -0.15) is 5.10 Å². The van der Waals surface area contributed by atoms with Gasteiger partial charge in [0.25, 0.3) is 5.69 Å². The molecule has 1 saturated heterocycles. The average Bonchev–Trinajstić information content (AvgIpc) is 2.86. The number of nitro groups is 1. The minimum atomic E-state index is -0.430. The van der Waals surface area contributed by atoms with Crippen LogP contribution < -0.4 is 5.43 Å². The number of carbonyl (C=O) groups is 1. The summed E-state index contributed by atoms with van der Waals surface area (Å²) in [6.07, 6.45) is 1.81. The molecular weight excluding hydrogens is 322 g/mol. The third-order valence-electron chi connectivity index (χ3n) is 3.21. The van der Waals surface area contributed by atoms with Crippen LogP contribution >= 0.6 is 23.5 Å². The van der Waals surface area contributed by atoms with Gasteiger partial charge in [-0.1, -0.05) is 12.1 Å².